The van der Waals surface area contributed by atoms with Crippen molar-refractivity contribution >= 4 is 25.8 Å². The Labute approximate surface area is 176 Å². The quantitative estimate of drug-likeness (QED) is 0.608. The number of halogens is 1. The van der Waals surface area contributed by atoms with Crippen molar-refractivity contribution in [2.45, 2.75) is 36.2 Å². The molecule has 1 aliphatic carbocycles. The van der Waals surface area contributed by atoms with Crippen LogP contribution in [0.5, 0.6) is 0 Å². The van der Waals surface area contributed by atoms with Crippen molar-refractivity contribution in [2.24, 2.45) is 0 Å². The van der Waals surface area contributed by atoms with Crippen LogP contribution in [0.25, 0.3) is 0 Å². The summed E-state index contributed by atoms with van der Waals surface area (Å²) in [6.45, 7) is 1.21. The molecule has 1 atom stereocenters. The number of hydrogen-bond donors (Lipinski definition) is 0. The third kappa shape index (κ3) is 4.53. The van der Waals surface area contributed by atoms with Crippen LogP contribution in [0, 0.1) is 5.82 Å². The van der Waals surface area contributed by atoms with Crippen molar-refractivity contribution in [3.05, 3.63) is 30.1 Å². The minimum atomic E-state index is -3.92. The van der Waals surface area contributed by atoms with Crippen LogP contribution in [0.1, 0.15) is 19.3 Å². The van der Waals surface area contributed by atoms with E-state index in [4.69, 9.17) is 0 Å². The van der Waals surface area contributed by atoms with E-state index in [1.165, 1.54) is 22.5 Å². The molecule has 3 aliphatic rings. The van der Waals surface area contributed by atoms with Crippen LogP contribution in [-0.2, 0) is 24.7 Å². The van der Waals surface area contributed by atoms with Gasteiger partial charge in [-0.2, -0.15) is 4.31 Å². The van der Waals surface area contributed by atoms with Gasteiger partial charge in [0.05, 0.1) is 18.1 Å². The van der Waals surface area contributed by atoms with Crippen molar-refractivity contribution in [3.63, 3.8) is 0 Å². The lowest BCUT2D eigenvalue weighted by Crippen LogP contribution is -2.53. The van der Waals surface area contributed by atoms with Crippen LogP contribution < -0.4 is 0 Å². The SMILES string of the molecule is O=C(CN1CCN(S(=O)(=O)c2ccccc2F)CC1)N(C1CC1)C1CCS(=O)(=O)C1. The van der Waals surface area contributed by atoms with Gasteiger partial charge >= 0.3 is 0 Å². The van der Waals surface area contributed by atoms with Crippen LogP contribution >= 0.6 is 0 Å². The molecule has 3 fully saturated rings. The van der Waals surface area contributed by atoms with Crippen LogP contribution in [0.15, 0.2) is 29.2 Å². The third-order valence-corrected chi connectivity index (χ3v) is 9.66. The second-order valence-electron chi connectivity index (χ2n) is 8.20. The van der Waals surface area contributed by atoms with Crippen LogP contribution in [-0.4, -0.2) is 93.2 Å². The van der Waals surface area contributed by atoms with E-state index < -0.39 is 25.7 Å². The Bertz CT molecular complexity index is 1020. The highest BCUT2D eigenvalue weighted by Crippen LogP contribution is 2.32. The number of amides is 1. The Hall–Kier alpha value is -1.56. The summed E-state index contributed by atoms with van der Waals surface area (Å²) in [5.74, 6) is -0.711. The molecule has 0 spiro atoms. The minimum absolute atomic E-state index is 0.0316. The topological polar surface area (TPSA) is 95.1 Å². The molecule has 11 heteroatoms. The highest BCUT2D eigenvalue weighted by atomic mass is 32.2. The summed E-state index contributed by atoms with van der Waals surface area (Å²) < 4.78 is 64.3. The van der Waals surface area contributed by atoms with Gasteiger partial charge in [0.1, 0.15) is 10.7 Å². The smallest absolute Gasteiger partial charge is 0.246 e. The molecule has 1 amide bonds. The Kier molecular flexibility index (Phi) is 5.90. The summed E-state index contributed by atoms with van der Waals surface area (Å²) in [5.41, 5.74) is 0. The summed E-state index contributed by atoms with van der Waals surface area (Å²) in [6, 6.07) is 5.18. The summed E-state index contributed by atoms with van der Waals surface area (Å²) in [4.78, 5) is 16.2. The predicted octanol–water partition coefficient (Wildman–Crippen LogP) is 0.310. The number of sulfone groups is 1. The van der Waals surface area contributed by atoms with Crippen LogP contribution in [0.2, 0.25) is 0 Å². The Morgan fingerprint density at radius 1 is 1.07 bits per heavy atom. The van der Waals surface area contributed by atoms with E-state index in [-0.39, 0.29) is 54.0 Å². The fourth-order valence-corrected chi connectivity index (χ4v) is 7.45. The highest BCUT2D eigenvalue weighted by Gasteiger charge is 2.42. The first-order valence-electron chi connectivity index (χ1n) is 10.2. The number of hydrogen-bond acceptors (Lipinski definition) is 6. The fraction of sp³-hybridized carbons (Fsp3) is 0.632. The van der Waals surface area contributed by atoms with Crippen molar-refractivity contribution in [2.75, 3.05) is 44.2 Å². The maximum Gasteiger partial charge on any atom is 0.246 e. The molecule has 2 aliphatic heterocycles. The van der Waals surface area contributed by atoms with Crippen LogP contribution in [0.4, 0.5) is 4.39 Å². The zero-order chi connectivity index (χ0) is 21.5. The predicted molar refractivity (Wildman–Crippen MR) is 109 cm³/mol. The highest BCUT2D eigenvalue weighted by molar-refractivity contribution is 7.91. The van der Waals surface area contributed by atoms with Gasteiger partial charge < -0.3 is 4.90 Å². The normalized spacial score (nSPS) is 25.3. The molecule has 2 saturated heterocycles. The van der Waals surface area contributed by atoms with Gasteiger partial charge in [0.2, 0.25) is 15.9 Å². The molecule has 0 radical (unpaired) electrons. The van der Waals surface area contributed by atoms with Crippen molar-refractivity contribution in [3.8, 4) is 0 Å². The lowest BCUT2D eigenvalue weighted by molar-refractivity contribution is -0.135. The molecule has 1 unspecified atom stereocenters. The summed E-state index contributed by atoms with van der Waals surface area (Å²) in [5, 5.41) is 0. The number of nitrogens with zero attached hydrogens (tertiary/aromatic N) is 3. The molecule has 1 aromatic carbocycles. The van der Waals surface area contributed by atoms with E-state index in [1.54, 1.807) is 4.90 Å². The van der Waals surface area contributed by atoms with Gasteiger partial charge in [0.25, 0.3) is 0 Å². The second-order valence-corrected chi connectivity index (χ2v) is 12.3. The maximum atomic E-state index is 14.0. The number of piperazine rings is 1. The Balaban J connectivity index is 1.36. The summed E-state index contributed by atoms with van der Waals surface area (Å²) in [7, 11) is -7.00. The van der Waals surface area contributed by atoms with E-state index in [0.29, 0.717) is 19.5 Å². The second kappa shape index (κ2) is 8.18. The first-order chi connectivity index (χ1) is 14.2. The van der Waals surface area contributed by atoms with Gasteiger partial charge in [-0.05, 0) is 31.4 Å². The third-order valence-electron chi connectivity index (χ3n) is 5.97. The van der Waals surface area contributed by atoms with Crippen LogP contribution in [0.3, 0.4) is 0 Å². The molecule has 4 rings (SSSR count). The van der Waals surface area contributed by atoms with Gasteiger partial charge in [-0.25, -0.2) is 21.2 Å². The minimum Gasteiger partial charge on any atom is -0.335 e. The molecule has 0 N–H and O–H groups in total. The number of sulfonamides is 1. The summed E-state index contributed by atoms with van der Waals surface area (Å²) >= 11 is 0. The van der Waals surface area contributed by atoms with Gasteiger partial charge in [-0.15, -0.1) is 0 Å². The lowest BCUT2D eigenvalue weighted by Gasteiger charge is -2.36. The van der Waals surface area contributed by atoms with E-state index >= 15 is 0 Å². The largest absolute Gasteiger partial charge is 0.335 e. The Morgan fingerprint density at radius 3 is 2.30 bits per heavy atom. The molecular weight excluding hydrogens is 433 g/mol. The number of carbonyl (C=O) groups excluding carboxylic acids is 1. The molecule has 0 bridgehead atoms. The first kappa shape index (κ1) is 21.7. The molecule has 1 aromatic rings. The fourth-order valence-electron chi connectivity index (χ4n) is 4.25. The van der Waals surface area contributed by atoms with Gasteiger partial charge in [-0.1, -0.05) is 12.1 Å². The lowest BCUT2D eigenvalue weighted by atomic mass is 10.2. The molecule has 2 heterocycles. The number of carbonyl (C=O) groups is 1. The van der Waals surface area contributed by atoms with Crippen molar-refractivity contribution in [1.82, 2.24) is 14.1 Å². The van der Waals surface area contributed by atoms with Gasteiger partial charge in [-0.3, -0.25) is 9.69 Å². The molecular formula is C19H26FN3O5S2. The van der Waals surface area contributed by atoms with E-state index in [9.17, 15) is 26.0 Å². The molecule has 1 saturated carbocycles. The Morgan fingerprint density at radius 2 is 1.73 bits per heavy atom. The van der Waals surface area contributed by atoms with Crippen molar-refractivity contribution in [1.29, 1.82) is 0 Å². The zero-order valence-corrected chi connectivity index (χ0v) is 18.2. The molecule has 0 aromatic heterocycles. The van der Waals surface area contributed by atoms with Gasteiger partial charge in [0.15, 0.2) is 9.84 Å². The van der Waals surface area contributed by atoms with Gasteiger partial charge in [0, 0.05) is 38.3 Å². The average Bonchev–Trinajstić information content (AvgIpc) is 3.45. The maximum absolute atomic E-state index is 14.0. The molecule has 166 valence electrons. The average molecular weight is 460 g/mol. The zero-order valence-electron chi connectivity index (χ0n) is 16.6. The number of rotatable bonds is 6. The van der Waals surface area contributed by atoms with E-state index in [2.05, 4.69) is 0 Å². The summed E-state index contributed by atoms with van der Waals surface area (Å²) in [6.07, 6.45) is 2.28. The number of benzene rings is 1. The van der Waals surface area contributed by atoms with Crippen molar-refractivity contribution < 1.29 is 26.0 Å². The standard InChI is InChI=1S/C19H26FN3O5S2/c20-17-3-1-2-4-18(17)30(27,28)22-10-8-21(9-11-22)13-19(24)23(15-5-6-15)16-7-12-29(25,26)14-16/h1-4,15-16H,5-14H2. The monoisotopic (exact) mass is 459 g/mol. The van der Waals surface area contributed by atoms with E-state index in [0.717, 1.165) is 18.9 Å². The molecule has 30 heavy (non-hydrogen) atoms. The van der Waals surface area contributed by atoms with E-state index in [1.807, 2.05) is 4.90 Å². The molecule has 8 nitrogen and oxygen atoms in total. The first-order valence-corrected chi connectivity index (χ1v) is 13.4.